The van der Waals surface area contributed by atoms with Gasteiger partial charge in [-0.3, -0.25) is 9.59 Å². The molecule has 0 aliphatic heterocycles. The Morgan fingerprint density at radius 1 is 0.659 bits per heavy atom. The van der Waals surface area contributed by atoms with E-state index in [0.717, 1.165) is 33.8 Å². The molecular weight excluding hydrogens is 512 g/mol. The van der Waals surface area contributed by atoms with E-state index in [9.17, 15) is 9.59 Å². The largest absolute Gasteiger partial charge is 0.497 e. The molecule has 4 rings (SSSR count). The van der Waals surface area contributed by atoms with Gasteiger partial charge in [-0.2, -0.15) is 0 Å². The molecule has 1 N–H and O–H groups in total. The first kappa shape index (κ1) is 29.4. The predicted octanol–water partition coefficient (Wildman–Crippen LogP) is 5.64. The molecule has 0 unspecified atom stereocenters. The number of rotatable bonds is 14. The van der Waals surface area contributed by atoms with E-state index in [1.807, 2.05) is 109 Å². The van der Waals surface area contributed by atoms with Gasteiger partial charge in [0, 0.05) is 25.9 Å². The van der Waals surface area contributed by atoms with E-state index >= 15 is 0 Å². The van der Waals surface area contributed by atoms with Crippen molar-refractivity contribution in [1.29, 1.82) is 0 Å². The monoisotopic (exact) mass is 550 g/mol. The van der Waals surface area contributed by atoms with Gasteiger partial charge in [-0.15, -0.1) is 0 Å². The fourth-order valence-electron chi connectivity index (χ4n) is 4.76. The van der Waals surface area contributed by atoms with E-state index in [0.29, 0.717) is 38.8 Å². The van der Waals surface area contributed by atoms with Crippen LogP contribution in [0.3, 0.4) is 0 Å². The molecule has 0 fully saturated rings. The zero-order valence-electron chi connectivity index (χ0n) is 23.8. The van der Waals surface area contributed by atoms with E-state index < -0.39 is 6.04 Å². The molecule has 1 atom stereocenters. The maximum atomic E-state index is 13.8. The van der Waals surface area contributed by atoms with Crippen molar-refractivity contribution in [2.75, 3.05) is 20.8 Å². The van der Waals surface area contributed by atoms with E-state index in [1.54, 1.807) is 19.1 Å². The maximum Gasteiger partial charge on any atom is 0.243 e. The zero-order chi connectivity index (χ0) is 28.9. The average Bonchev–Trinajstić information content (AvgIpc) is 3.03. The predicted molar refractivity (Wildman–Crippen MR) is 162 cm³/mol. The molecule has 4 aromatic carbocycles. The molecule has 0 aromatic heterocycles. The second-order valence-corrected chi connectivity index (χ2v) is 9.95. The number of hydrogen-bond donors (Lipinski definition) is 1. The third-order valence-electron chi connectivity index (χ3n) is 7.13. The van der Waals surface area contributed by atoms with Crippen LogP contribution in [0.25, 0.3) is 0 Å². The average molecular weight is 551 g/mol. The summed E-state index contributed by atoms with van der Waals surface area (Å²) in [4.78, 5) is 29.4. The first-order valence-corrected chi connectivity index (χ1v) is 14.0. The smallest absolute Gasteiger partial charge is 0.243 e. The number of carbonyl (C=O) groups is 2. The van der Waals surface area contributed by atoms with Gasteiger partial charge in [-0.25, -0.2) is 0 Å². The summed E-state index contributed by atoms with van der Waals surface area (Å²) in [5.41, 5.74) is 4.12. The number of hydrogen-bond acceptors (Lipinski definition) is 4. The highest BCUT2D eigenvalue weighted by atomic mass is 16.5. The van der Waals surface area contributed by atoms with Crippen LogP contribution in [0, 0.1) is 0 Å². The van der Waals surface area contributed by atoms with Crippen molar-refractivity contribution in [3.05, 3.63) is 131 Å². The highest BCUT2D eigenvalue weighted by Crippen LogP contribution is 2.19. The van der Waals surface area contributed by atoms with Crippen molar-refractivity contribution < 1.29 is 19.1 Å². The van der Waals surface area contributed by atoms with Crippen LogP contribution in [0.5, 0.6) is 11.5 Å². The van der Waals surface area contributed by atoms with Crippen LogP contribution in [-0.4, -0.2) is 43.5 Å². The van der Waals surface area contributed by atoms with Crippen LogP contribution in [0.1, 0.15) is 28.7 Å². The van der Waals surface area contributed by atoms with Crippen LogP contribution in [0.15, 0.2) is 109 Å². The number of aryl methyl sites for hydroxylation is 1. The molecule has 0 saturated carbocycles. The summed E-state index contributed by atoms with van der Waals surface area (Å²) in [6, 6.07) is 34.6. The summed E-state index contributed by atoms with van der Waals surface area (Å²) in [5.74, 6) is 1.32. The van der Waals surface area contributed by atoms with Crippen molar-refractivity contribution in [1.82, 2.24) is 10.2 Å². The zero-order valence-corrected chi connectivity index (χ0v) is 23.8. The topological polar surface area (TPSA) is 67.9 Å². The minimum Gasteiger partial charge on any atom is -0.497 e. The second kappa shape index (κ2) is 15.3. The van der Waals surface area contributed by atoms with Crippen molar-refractivity contribution in [2.24, 2.45) is 0 Å². The van der Waals surface area contributed by atoms with Gasteiger partial charge in [0.05, 0.1) is 14.2 Å². The van der Waals surface area contributed by atoms with Gasteiger partial charge in [0.2, 0.25) is 11.8 Å². The maximum absolute atomic E-state index is 13.8. The van der Waals surface area contributed by atoms with Crippen LogP contribution in [0.4, 0.5) is 0 Å². The summed E-state index contributed by atoms with van der Waals surface area (Å²) in [6.45, 7) is 0.784. The number of carbonyl (C=O) groups excluding carboxylic acids is 2. The Morgan fingerprint density at radius 3 is 1.73 bits per heavy atom. The Hall–Kier alpha value is -4.58. The van der Waals surface area contributed by atoms with Crippen molar-refractivity contribution in [2.45, 2.75) is 38.3 Å². The number of benzene rings is 4. The number of nitrogens with one attached hydrogen (secondary N) is 1. The molecule has 0 aliphatic carbocycles. The van der Waals surface area contributed by atoms with Gasteiger partial charge in [0.1, 0.15) is 17.5 Å². The fourth-order valence-corrected chi connectivity index (χ4v) is 4.76. The van der Waals surface area contributed by atoms with E-state index in [4.69, 9.17) is 9.47 Å². The summed E-state index contributed by atoms with van der Waals surface area (Å²) in [6.07, 6.45) is 2.01. The number of methoxy groups -OCH3 is 2. The Kier molecular flexibility index (Phi) is 11.0. The van der Waals surface area contributed by atoms with Gasteiger partial charge < -0.3 is 19.7 Å². The van der Waals surface area contributed by atoms with Crippen LogP contribution in [0.2, 0.25) is 0 Å². The van der Waals surface area contributed by atoms with Gasteiger partial charge in [-0.1, -0.05) is 84.9 Å². The van der Waals surface area contributed by atoms with E-state index in [-0.39, 0.29) is 11.8 Å². The summed E-state index contributed by atoms with van der Waals surface area (Å²) >= 11 is 0. The molecule has 6 heteroatoms. The van der Waals surface area contributed by atoms with Crippen LogP contribution < -0.4 is 14.8 Å². The van der Waals surface area contributed by atoms with Crippen molar-refractivity contribution in [3.8, 4) is 11.5 Å². The van der Waals surface area contributed by atoms with Gasteiger partial charge in [0.15, 0.2) is 0 Å². The Balaban J connectivity index is 1.55. The Bertz CT molecular complexity index is 1360. The second-order valence-electron chi connectivity index (χ2n) is 9.95. The Labute approximate surface area is 242 Å². The van der Waals surface area contributed by atoms with Crippen molar-refractivity contribution in [3.63, 3.8) is 0 Å². The highest BCUT2D eigenvalue weighted by molar-refractivity contribution is 5.88. The molecule has 0 spiro atoms. The third-order valence-corrected chi connectivity index (χ3v) is 7.13. The van der Waals surface area contributed by atoms with E-state index in [1.165, 1.54) is 0 Å². The summed E-state index contributed by atoms with van der Waals surface area (Å²) in [5, 5.41) is 3.11. The molecule has 0 aliphatic rings. The minimum absolute atomic E-state index is 0.0593. The lowest BCUT2D eigenvalue weighted by Gasteiger charge is -2.32. The molecule has 212 valence electrons. The molecule has 0 saturated heterocycles. The number of amides is 2. The lowest BCUT2D eigenvalue weighted by molar-refractivity contribution is -0.141. The SMILES string of the molecule is COc1ccc(CCNC(=O)[C@H](Cc2ccccc2)N(Cc2ccc(OC)cc2)C(=O)CCc2ccccc2)cc1. The first-order chi connectivity index (χ1) is 20.1. The highest BCUT2D eigenvalue weighted by Gasteiger charge is 2.30. The molecule has 4 aromatic rings. The lowest BCUT2D eigenvalue weighted by Crippen LogP contribution is -2.50. The fraction of sp³-hybridized carbons (Fsp3) is 0.257. The molecule has 41 heavy (non-hydrogen) atoms. The first-order valence-electron chi connectivity index (χ1n) is 14.0. The molecule has 0 radical (unpaired) electrons. The third kappa shape index (κ3) is 8.97. The van der Waals surface area contributed by atoms with Gasteiger partial charge in [-0.05, 0) is 59.4 Å². The molecule has 0 bridgehead atoms. The van der Waals surface area contributed by atoms with E-state index in [2.05, 4.69) is 5.32 Å². The number of ether oxygens (including phenoxy) is 2. The quantitative estimate of drug-likeness (QED) is 0.221. The molecular formula is C35H38N2O4. The normalized spacial score (nSPS) is 11.4. The summed E-state index contributed by atoms with van der Waals surface area (Å²) in [7, 11) is 3.27. The van der Waals surface area contributed by atoms with Crippen LogP contribution >= 0.6 is 0 Å². The molecule has 2 amide bonds. The molecule has 0 heterocycles. The van der Waals surface area contributed by atoms with Crippen LogP contribution in [-0.2, 0) is 35.4 Å². The lowest BCUT2D eigenvalue weighted by atomic mass is 10.0. The standard InChI is InChI=1S/C35H38N2O4/c1-40-31-18-13-28(14-19-31)23-24-36-35(39)33(25-29-11-7-4-8-12-29)37(26-30-15-20-32(41-2)21-16-30)34(38)22-17-27-9-5-3-6-10-27/h3-16,18-21,33H,17,22-26H2,1-2H3,(H,36,39)/t33-/m0/s1. The van der Waals surface area contributed by atoms with Crippen molar-refractivity contribution >= 4 is 11.8 Å². The Morgan fingerprint density at radius 2 is 1.17 bits per heavy atom. The van der Waals surface area contributed by atoms with Gasteiger partial charge in [0.25, 0.3) is 0 Å². The molecule has 6 nitrogen and oxygen atoms in total. The van der Waals surface area contributed by atoms with Gasteiger partial charge >= 0.3 is 0 Å². The minimum atomic E-state index is -0.668. The summed E-state index contributed by atoms with van der Waals surface area (Å²) < 4.78 is 10.6. The number of nitrogens with zero attached hydrogens (tertiary/aromatic N) is 1.